The van der Waals surface area contributed by atoms with Crippen molar-refractivity contribution in [1.29, 1.82) is 0 Å². The Morgan fingerprint density at radius 1 is 0.773 bits per heavy atom. The summed E-state index contributed by atoms with van der Waals surface area (Å²) in [4.78, 5) is 29.9. The van der Waals surface area contributed by atoms with Crippen molar-refractivity contribution in [2.75, 3.05) is 19.6 Å². The Labute approximate surface area is 133 Å². The van der Waals surface area contributed by atoms with Gasteiger partial charge in [0.25, 0.3) is 0 Å². The van der Waals surface area contributed by atoms with Crippen LogP contribution in [0.1, 0.15) is 57.8 Å². The highest BCUT2D eigenvalue weighted by atomic mass is 16.2. The van der Waals surface area contributed by atoms with Crippen LogP contribution in [0.25, 0.3) is 0 Å². The summed E-state index contributed by atoms with van der Waals surface area (Å²) in [6.07, 6.45) is 10.2. The number of hydrogen-bond acceptors (Lipinski definition) is 2. The van der Waals surface area contributed by atoms with E-state index in [2.05, 4.69) is 0 Å². The van der Waals surface area contributed by atoms with Crippen molar-refractivity contribution < 1.29 is 9.59 Å². The molecule has 2 saturated carbocycles. The monoisotopic (exact) mass is 304 g/mol. The van der Waals surface area contributed by atoms with Gasteiger partial charge in [-0.25, -0.2) is 0 Å². The van der Waals surface area contributed by atoms with Gasteiger partial charge < -0.3 is 9.80 Å². The van der Waals surface area contributed by atoms with Gasteiger partial charge in [-0.05, 0) is 63.2 Å². The quantitative estimate of drug-likeness (QED) is 0.786. The Hall–Kier alpha value is -1.06. The maximum Gasteiger partial charge on any atom is 0.245 e. The molecule has 122 valence electrons. The van der Waals surface area contributed by atoms with Gasteiger partial charge in [-0.3, -0.25) is 9.59 Å². The van der Waals surface area contributed by atoms with E-state index in [-0.39, 0.29) is 17.9 Å². The van der Waals surface area contributed by atoms with E-state index in [1.54, 1.807) is 0 Å². The molecule has 0 N–H and O–H groups in total. The number of rotatable bonds is 2. The Bertz CT molecular complexity index is 458. The predicted molar refractivity (Wildman–Crippen MR) is 84.1 cm³/mol. The smallest absolute Gasteiger partial charge is 0.245 e. The van der Waals surface area contributed by atoms with Crippen LogP contribution in [0.15, 0.2) is 0 Å². The number of carbonyl (C=O) groups is 2. The Kier molecular flexibility index (Phi) is 3.87. The molecule has 0 spiro atoms. The van der Waals surface area contributed by atoms with E-state index in [9.17, 15) is 9.59 Å². The lowest BCUT2D eigenvalue weighted by molar-refractivity contribution is -0.150. The fourth-order valence-corrected chi connectivity index (χ4v) is 5.36. The molecule has 2 bridgehead atoms. The molecule has 0 aromatic heterocycles. The first-order valence-corrected chi connectivity index (χ1v) is 9.33. The number of amides is 2. The van der Waals surface area contributed by atoms with Gasteiger partial charge in [0.15, 0.2) is 0 Å². The molecule has 4 heteroatoms. The lowest BCUT2D eigenvalue weighted by Gasteiger charge is -2.39. The summed E-state index contributed by atoms with van der Waals surface area (Å²) in [6, 6.07) is -0.154. The van der Waals surface area contributed by atoms with Gasteiger partial charge in [0.2, 0.25) is 11.8 Å². The second-order valence-electron chi connectivity index (χ2n) is 7.86. The molecule has 22 heavy (non-hydrogen) atoms. The molecular formula is C18H28N2O2. The second kappa shape index (κ2) is 5.86. The van der Waals surface area contributed by atoms with Crippen molar-refractivity contribution in [2.24, 2.45) is 17.8 Å². The number of piperidine rings is 1. The zero-order chi connectivity index (χ0) is 15.1. The van der Waals surface area contributed by atoms with E-state index >= 15 is 0 Å². The van der Waals surface area contributed by atoms with E-state index in [1.165, 1.54) is 19.3 Å². The number of fused-ring (bicyclic) bond motifs is 2. The third kappa shape index (κ3) is 2.44. The van der Waals surface area contributed by atoms with Crippen molar-refractivity contribution >= 4 is 11.8 Å². The lowest BCUT2D eigenvalue weighted by atomic mass is 9.86. The highest BCUT2D eigenvalue weighted by molar-refractivity contribution is 5.89. The van der Waals surface area contributed by atoms with Crippen molar-refractivity contribution in [2.45, 2.75) is 63.8 Å². The SMILES string of the molecule is O=C([C@H]1CCCCN1C(=O)[C@H]1C[C@H]2CC[C@H]1C2)N1CCCC1. The molecule has 2 heterocycles. The molecule has 2 saturated heterocycles. The molecule has 0 aromatic rings. The zero-order valence-electron chi connectivity index (χ0n) is 13.5. The van der Waals surface area contributed by atoms with Gasteiger partial charge >= 0.3 is 0 Å². The van der Waals surface area contributed by atoms with Crippen LogP contribution in [-0.2, 0) is 9.59 Å². The van der Waals surface area contributed by atoms with Crippen LogP contribution < -0.4 is 0 Å². The van der Waals surface area contributed by atoms with Crippen molar-refractivity contribution in [3.8, 4) is 0 Å². The average molecular weight is 304 g/mol. The third-order valence-corrected chi connectivity index (χ3v) is 6.54. The van der Waals surface area contributed by atoms with Crippen molar-refractivity contribution in [1.82, 2.24) is 9.80 Å². The number of hydrogen-bond donors (Lipinski definition) is 0. The van der Waals surface area contributed by atoms with Crippen molar-refractivity contribution in [3.05, 3.63) is 0 Å². The van der Waals surface area contributed by atoms with E-state index in [0.29, 0.717) is 11.8 Å². The Morgan fingerprint density at radius 2 is 1.55 bits per heavy atom. The molecule has 4 fully saturated rings. The summed E-state index contributed by atoms with van der Waals surface area (Å²) >= 11 is 0. The van der Waals surface area contributed by atoms with Gasteiger partial charge in [-0.1, -0.05) is 6.42 Å². The highest BCUT2D eigenvalue weighted by Gasteiger charge is 2.46. The van der Waals surface area contributed by atoms with Crippen LogP contribution >= 0.6 is 0 Å². The molecule has 0 aromatic carbocycles. The minimum absolute atomic E-state index is 0.154. The van der Waals surface area contributed by atoms with Crippen LogP contribution in [-0.4, -0.2) is 47.3 Å². The standard InChI is InChI=1S/C18H28N2O2/c21-17(15-12-13-6-7-14(15)11-13)20-10-2-1-5-16(20)18(22)19-8-3-4-9-19/h13-16H,1-12H2/t13-,14-,15-,16+/m0/s1. The molecule has 4 aliphatic rings. The van der Waals surface area contributed by atoms with E-state index in [0.717, 1.165) is 64.1 Å². The van der Waals surface area contributed by atoms with Gasteiger partial charge in [0.1, 0.15) is 6.04 Å². The summed E-state index contributed by atoms with van der Waals surface area (Å²) in [5.74, 6) is 2.17. The topological polar surface area (TPSA) is 40.6 Å². The van der Waals surface area contributed by atoms with Crippen LogP contribution in [0.5, 0.6) is 0 Å². The fraction of sp³-hybridized carbons (Fsp3) is 0.889. The number of likely N-dealkylation sites (tertiary alicyclic amines) is 2. The van der Waals surface area contributed by atoms with Crippen LogP contribution in [0.2, 0.25) is 0 Å². The number of carbonyl (C=O) groups excluding carboxylic acids is 2. The fourth-order valence-electron chi connectivity index (χ4n) is 5.36. The van der Waals surface area contributed by atoms with Gasteiger partial charge in [0, 0.05) is 25.6 Å². The second-order valence-corrected chi connectivity index (χ2v) is 7.86. The van der Waals surface area contributed by atoms with Gasteiger partial charge in [0.05, 0.1) is 0 Å². The van der Waals surface area contributed by atoms with Crippen LogP contribution in [0.4, 0.5) is 0 Å². The van der Waals surface area contributed by atoms with Gasteiger partial charge in [-0.2, -0.15) is 0 Å². The minimum Gasteiger partial charge on any atom is -0.341 e. The highest BCUT2D eigenvalue weighted by Crippen LogP contribution is 2.49. The predicted octanol–water partition coefficient (Wildman–Crippen LogP) is 2.43. The minimum atomic E-state index is -0.154. The lowest BCUT2D eigenvalue weighted by Crippen LogP contribution is -2.54. The molecular weight excluding hydrogens is 276 g/mol. The molecule has 2 aliphatic heterocycles. The normalized spacial score (nSPS) is 37.8. The van der Waals surface area contributed by atoms with Crippen molar-refractivity contribution in [3.63, 3.8) is 0 Å². The molecule has 2 aliphatic carbocycles. The zero-order valence-corrected chi connectivity index (χ0v) is 13.5. The third-order valence-electron chi connectivity index (χ3n) is 6.54. The van der Waals surface area contributed by atoms with Gasteiger partial charge in [-0.15, -0.1) is 0 Å². The molecule has 0 unspecified atom stereocenters. The summed E-state index contributed by atoms with van der Waals surface area (Å²) < 4.78 is 0. The van der Waals surface area contributed by atoms with Crippen LogP contribution in [0, 0.1) is 17.8 Å². The molecule has 4 nitrogen and oxygen atoms in total. The molecule has 2 amide bonds. The molecule has 4 rings (SSSR count). The summed E-state index contributed by atoms with van der Waals surface area (Å²) in [7, 11) is 0. The van der Waals surface area contributed by atoms with E-state index in [4.69, 9.17) is 0 Å². The average Bonchev–Trinajstić information content (AvgIpc) is 3.30. The van der Waals surface area contributed by atoms with Crippen LogP contribution in [0.3, 0.4) is 0 Å². The molecule has 0 radical (unpaired) electrons. The molecule has 4 atom stereocenters. The maximum atomic E-state index is 13.1. The van der Waals surface area contributed by atoms with E-state index in [1.807, 2.05) is 9.80 Å². The maximum absolute atomic E-state index is 13.1. The first kappa shape index (κ1) is 14.5. The Balaban J connectivity index is 1.48. The number of nitrogens with zero attached hydrogens (tertiary/aromatic N) is 2. The summed E-state index contributed by atoms with van der Waals surface area (Å²) in [5.41, 5.74) is 0. The first-order valence-electron chi connectivity index (χ1n) is 9.33. The first-order chi connectivity index (χ1) is 10.7. The largest absolute Gasteiger partial charge is 0.341 e. The van der Waals surface area contributed by atoms with E-state index < -0.39 is 0 Å². The summed E-state index contributed by atoms with van der Waals surface area (Å²) in [6.45, 7) is 2.59. The summed E-state index contributed by atoms with van der Waals surface area (Å²) in [5, 5.41) is 0. The Morgan fingerprint density at radius 3 is 2.23 bits per heavy atom.